The van der Waals surface area contributed by atoms with Gasteiger partial charge in [0.1, 0.15) is 6.04 Å². The molecule has 0 aromatic heterocycles. The Bertz CT molecular complexity index is 335. The largest absolute Gasteiger partial charge is 0.344 e. The summed E-state index contributed by atoms with van der Waals surface area (Å²) < 4.78 is 23.1. The fourth-order valence-electron chi connectivity index (χ4n) is 1.06. The molecule has 0 aromatic carbocycles. The number of nitrogens with one attached hydrogen (secondary N) is 2. The van der Waals surface area contributed by atoms with E-state index in [1.54, 1.807) is 4.72 Å². The first-order valence-corrected chi connectivity index (χ1v) is 5.58. The Labute approximate surface area is 75.7 Å². The van der Waals surface area contributed by atoms with Gasteiger partial charge in [0.25, 0.3) is 5.91 Å². The van der Waals surface area contributed by atoms with Crippen LogP contribution in [0.2, 0.25) is 0 Å². The minimum atomic E-state index is -3.53. The Morgan fingerprint density at radius 1 is 1.62 bits per heavy atom. The Balaban J connectivity index is 2.55. The summed E-state index contributed by atoms with van der Waals surface area (Å²) in [5.74, 6) is -0.901. The lowest BCUT2D eigenvalue weighted by Gasteiger charge is -2.08. The van der Waals surface area contributed by atoms with Gasteiger partial charge in [0.2, 0.25) is 15.9 Å². The zero-order valence-corrected chi connectivity index (χ0v) is 7.85. The van der Waals surface area contributed by atoms with Crippen molar-refractivity contribution in [1.82, 2.24) is 10.0 Å². The van der Waals surface area contributed by atoms with E-state index in [0.29, 0.717) is 6.42 Å². The maximum absolute atomic E-state index is 11.1. The quantitative estimate of drug-likeness (QED) is 0.565. The van der Waals surface area contributed by atoms with Gasteiger partial charge in [-0.3, -0.25) is 14.3 Å². The van der Waals surface area contributed by atoms with Crippen molar-refractivity contribution in [3.8, 4) is 0 Å². The molecule has 1 fully saturated rings. The molecule has 0 bridgehead atoms. The van der Waals surface area contributed by atoms with Crippen molar-refractivity contribution in [2.75, 3.05) is 6.26 Å². The molecule has 2 amide bonds. The lowest BCUT2D eigenvalue weighted by atomic mass is 10.2. The highest BCUT2D eigenvalue weighted by atomic mass is 32.2. The highest BCUT2D eigenvalue weighted by molar-refractivity contribution is 7.89. The molecule has 1 atom stereocenters. The molecule has 0 spiro atoms. The molecule has 0 saturated carbocycles. The van der Waals surface area contributed by atoms with E-state index in [9.17, 15) is 18.0 Å². The summed E-state index contributed by atoms with van der Waals surface area (Å²) in [6.07, 6.45) is 1.50. The van der Waals surface area contributed by atoms with Crippen LogP contribution in [0.3, 0.4) is 0 Å². The molecule has 1 aliphatic rings. The molecule has 2 N–H and O–H groups in total. The number of hydrogen-bond donors (Lipinski definition) is 2. The molecular weight excluding hydrogens is 196 g/mol. The van der Waals surface area contributed by atoms with Crippen LogP contribution in [-0.4, -0.2) is 32.5 Å². The lowest BCUT2D eigenvalue weighted by molar-refractivity contribution is -0.124. The molecule has 74 valence electrons. The molecule has 0 radical (unpaired) electrons. The summed E-state index contributed by atoms with van der Waals surface area (Å²) in [6, 6.07) is -0.706. The zero-order chi connectivity index (χ0) is 10.1. The maximum Gasteiger partial charge on any atom is 0.255 e. The fourth-order valence-corrected chi connectivity index (χ4v) is 1.57. The summed E-state index contributed by atoms with van der Waals surface area (Å²) in [6.45, 7) is 0. The first-order valence-electron chi connectivity index (χ1n) is 3.69. The average Bonchev–Trinajstić information content (AvgIpc) is 2.31. The average molecular weight is 206 g/mol. The van der Waals surface area contributed by atoms with Crippen LogP contribution < -0.4 is 10.0 Å². The van der Waals surface area contributed by atoms with E-state index in [1.165, 1.54) is 0 Å². The van der Waals surface area contributed by atoms with E-state index in [2.05, 4.69) is 5.32 Å². The normalized spacial score (nSPS) is 22.5. The molecule has 7 heteroatoms. The van der Waals surface area contributed by atoms with Gasteiger partial charge in [0, 0.05) is 6.42 Å². The first-order chi connectivity index (χ1) is 5.88. The van der Waals surface area contributed by atoms with Gasteiger partial charge < -0.3 is 5.32 Å². The molecular formula is C6H10N2O4S. The van der Waals surface area contributed by atoms with Gasteiger partial charge in [-0.2, -0.15) is 0 Å². The number of hydrogen-bond acceptors (Lipinski definition) is 4. The monoisotopic (exact) mass is 206 g/mol. The summed E-state index contributed by atoms with van der Waals surface area (Å²) >= 11 is 0. The second kappa shape index (κ2) is 3.33. The number of sulfonamides is 1. The van der Waals surface area contributed by atoms with Crippen LogP contribution in [0.5, 0.6) is 0 Å². The minimum Gasteiger partial charge on any atom is -0.344 e. The van der Waals surface area contributed by atoms with Gasteiger partial charge in [0.05, 0.1) is 6.26 Å². The van der Waals surface area contributed by atoms with Gasteiger partial charge in [-0.25, -0.2) is 8.42 Å². The highest BCUT2D eigenvalue weighted by Crippen LogP contribution is 2.06. The third-order valence-electron chi connectivity index (χ3n) is 1.60. The second-order valence-corrected chi connectivity index (χ2v) is 4.65. The van der Waals surface area contributed by atoms with E-state index >= 15 is 0 Å². The Hall–Kier alpha value is -1.11. The molecule has 1 rings (SSSR count). The second-order valence-electron chi connectivity index (χ2n) is 2.90. The van der Waals surface area contributed by atoms with E-state index in [-0.39, 0.29) is 12.3 Å². The Morgan fingerprint density at radius 3 is 2.62 bits per heavy atom. The molecule has 1 heterocycles. The van der Waals surface area contributed by atoms with Crippen molar-refractivity contribution in [2.45, 2.75) is 18.9 Å². The predicted octanol–water partition coefficient (Wildman–Crippen LogP) is -1.66. The number of carbonyl (C=O) groups excluding carboxylic acids is 2. The minimum absolute atomic E-state index is 0.228. The van der Waals surface area contributed by atoms with E-state index in [0.717, 1.165) is 6.26 Å². The maximum atomic E-state index is 11.1. The zero-order valence-electron chi connectivity index (χ0n) is 7.03. The Morgan fingerprint density at radius 2 is 2.23 bits per heavy atom. The molecule has 1 aliphatic heterocycles. The molecule has 0 aromatic rings. The SMILES string of the molecule is CS(=O)(=O)NC(=O)[C@@H]1CCC(=O)N1. The molecule has 6 nitrogen and oxygen atoms in total. The van der Waals surface area contributed by atoms with Crippen LogP contribution in [0.25, 0.3) is 0 Å². The summed E-state index contributed by atoms with van der Waals surface area (Å²) in [7, 11) is -3.53. The van der Waals surface area contributed by atoms with Crippen LogP contribution in [0.15, 0.2) is 0 Å². The van der Waals surface area contributed by atoms with E-state index in [1.807, 2.05) is 0 Å². The topological polar surface area (TPSA) is 92.3 Å². The lowest BCUT2D eigenvalue weighted by Crippen LogP contribution is -2.43. The highest BCUT2D eigenvalue weighted by Gasteiger charge is 2.28. The van der Waals surface area contributed by atoms with Gasteiger partial charge in [-0.15, -0.1) is 0 Å². The van der Waals surface area contributed by atoms with Crippen LogP contribution in [0.4, 0.5) is 0 Å². The van der Waals surface area contributed by atoms with E-state index in [4.69, 9.17) is 0 Å². The van der Waals surface area contributed by atoms with Crippen LogP contribution >= 0.6 is 0 Å². The van der Waals surface area contributed by atoms with Crippen LogP contribution in [-0.2, 0) is 19.6 Å². The summed E-state index contributed by atoms with van der Waals surface area (Å²) in [4.78, 5) is 21.8. The number of carbonyl (C=O) groups is 2. The number of amides is 2. The van der Waals surface area contributed by atoms with Crippen molar-refractivity contribution in [3.05, 3.63) is 0 Å². The Kier molecular flexibility index (Phi) is 2.55. The van der Waals surface area contributed by atoms with Crippen LogP contribution in [0, 0.1) is 0 Å². The molecule has 0 aliphatic carbocycles. The van der Waals surface area contributed by atoms with Crippen molar-refractivity contribution < 1.29 is 18.0 Å². The summed E-state index contributed by atoms with van der Waals surface area (Å²) in [5.41, 5.74) is 0. The van der Waals surface area contributed by atoms with Gasteiger partial charge >= 0.3 is 0 Å². The van der Waals surface area contributed by atoms with Gasteiger partial charge in [0.15, 0.2) is 0 Å². The fraction of sp³-hybridized carbons (Fsp3) is 0.667. The number of rotatable bonds is 2. The third-order valence-corrected chi connectivity index (χ3v) is 2.17. The molecule has 1 saturated heterocycles. The van der Waals surface area contributed by atoms with Crippen molar-refractivity contribution in [3.63, 3.8) is 0 Å². The first kappa shape index (κ1) is 9.97. The molecule has 13 heavy (non-hydrogen) atoms. The standard InChI is InChI=1S/C6H10N2O4S/c1-13(11,12)8-6(10)4-2-3-5(9)7-4/h4H,2-3H2,1H3,(H,7,9)(H,8,10)/t4-/m0/s1. The van der Waals surface area contributed by atoms with Crippen molar-refractivity contribution in [1.29, 1.82) is 0 Å². The molecule has 0 unspecified atom stereocenters. The van der Waals surface area contributed by atoms with Gasteiger partial charge in [-0.05, 0) is 6.42 Å². The van der Waals surface area contributed by atoms with E-state index < -0.39 is 22.0 Å². The van der Waals surface area contributed by atoms with Crippen LogP contribution in [0.1, 0.15) is 12.8 Å². The van der Waals surface area contributed by atoms with Crippen molar-refractivity contribution >= 4 is 21.8 Å². The smallest absolute Gasteiger partial charge is 0.255 e. The van der Waals surface area contributed by atoms with Gasteiger partial charge in [-0.1, -0.05) is 0 Å². The van der Waals surface area contributed by atoms with Crippen molar-refractivity contribution in [2.24, 2.45) is 0 Å². The summed E-state index contributed by atoms with van der Waals surface area (Å²) in [5, 5.41) is 2.36. The predicted molar refractivity (Wildman–Crippen MR) is 44.2 cm³/mol. The third kappa shape index (κ3) is 3.02.